The van der Waals surface area contributed by atoms with Crippen molar-refractivity contribution in [2.45, 2.75) is 39.2 Å². The van der Waals surface area contributed by atoms with E-state index in [0.717, 1.165) is 11.0 Å². The Balaban J connectivity index is 2.01. The highest BCUT2D eigenvalue weighted by Gasteiger charge is 2.18. The van der Waals surface area contributed by atoms with Crippen LogP contribution in [0, 0.1) is 13.8 Å². The Morgan fingerprint density at radius 3 is 2.56 bits per heavy atom. The quantitative estimate of drug-likeness (QED) is 0.909. The molecule has 1 aliphatic rings. The number of benzene rings is 1. The number of likely N-dealkylation sites (tertiary alicyclic amines) is 1. The molecule has 0 bridgehead atoms. The molecule has 0 spiro atoms. The normalized spacial score (nSPS) is 21.0. The van der Waals surface area contributed by atoms with Crippen LogP contribution in [-0.4, -0.2) is 31.1 Å². The lowest BCUT2D eigenvalue weighted by atomic mass is 10.0. The van der Waals surface area contributed by atoms with E-state index in [1.807, 2.05) is 0 Å². The molecule has 1 N–H and O–H groups in total. The number of hydrogen-bond acceptors (Lipinski definition) is 2. The van der Waals surface area contributed by atoms with E-state index in [-0.39, 0.29) is 0 Å². The van der Waals surface area contributed by atoms with Crippen LogP contribution in [-0.2, 0) is 0 Å². The first kappa shape index (κ1) is 13.9. The van der Waals surface area contributed by atoms with Crippen molar-refractivity contribution in [3.05, 3.63) is 27.7 Å². The van der Waals surface area contributed by atoms with Gasteiger partial charge in [0.2, 0.25) is 0 Å². The number of nitrogens with zero attached hydrogens (tertiary/aromatic N) is 1. The van der Waals surface area contributed by atoms with Crippen LogP contribution in [0.1, 0.15) is 30.4 Å². The van der Waals surface area contributed by atoms with E-state index in [1.165, 1.54) is 42.6 Å². The first-order chi connectivity index (χ1) is 8.58. The fourth-order valence-corrected chi connectivity index (χ4v) is 3.50. The van der Waals surface area contributed by atoms with Gasteiger partial charge in [-0.15, -0.1) is 0 Å². The fraction of sp³-hybridized carbons (Fsp3) is 0.600. The molecule has 0 aliphatic carbocycles. The van der Waals surface area contributed by atoms with Gasteiger partial charge in [0.15, 0.2) is 0 Å². The summed E-state index contributed by atoms with van der Waals surface area (Å²) in [5.41, 5.74) is 3.94. The second-order valence-electron chi connectivity index (χ2n) is 5.43. The van der Waals surface area contributed by atoms with E-state index < -0.39 is 0 Å². The predicted molar refractivity (Wildman–Crippen MR) is 82.4 cm³/mol. The molecular formula is C15H23BrN2. The number of anilines is 1. The van der Waals surface area contributed by atoms with Crippen LogP contribution in [0.2, 0.25) is 0 Å². The Morgan fingerprint density at radius 2 is 1.94 bits per heavy atom. The molecule has 0 radical (unpaired) electrons. The van der Waals surface area contributed by atoms with E-state index in [4.69, 9.17) is 0 Å². The van der Waals surface area contributed by atoms with Crippen LogP contribution in [0.15, 0.2) is 16.6 Å². The van der Waals surface area contributed by atoms with Crippen LogP contribution in [0.25, 0.3) is 0 Å². The molecule has 1 heterocycles. The minimum atomic E-state index is 0.682. The zero-order valence-electron chi connectivity index (χ0n) is 11.6. The molecule has 1 unspecified atom stereocenters. The molecule has 1 fully saturated rings. The number of rotatable bonds is 3. The van der Waals surface area contributed by atoms with Gasteiger partial charge in [-0.1, -0.05) is 22.4 Å². The molecule has 0 aromatic heterocycles. The zero-order chi connectivity index (χ0) is 13.1. The third kappa shape index (κ3) is 3.27. The monoisotopic (exact) mass is 310 g/mol. The summed E-state index contributed by atoms with van der Waals surface area (Å²) in [4.78, 5) is 2.49. The van der Waals surface area contributed by atoms with Crippen molar-refractivity contribution in [3.8, 4) is 0 Å². The van der Waals surface area contributed by atoms with Crippen LogP contribution >= 0.6 is 15.9 Å². The SMILES string of the molecule is Cc1cc(Br)cc(C)c1NCC1CCCCN1C. The molecule has 1 saturated heterocycles. The van der Waals surface area contributed by atoms with Gasteiger partial charge < -0.3 is 10.2 Å². The first-order valence-electron chi connectivity index (χ1n) is 6.79. The standard InChI is InChI=1S/C15H23BrN2/c1-11-8-13(16)9-12(2)15(11)17-10-14-6-4-5-7-18(14)3/h8-9,14,17H,4-7,10H2,1-3H3. The lowest BCUT2D eigenvalue weighted by Gasteiger charge is -2.33. The van der Waals surface area contributed by atoms with Gasteiger partial charge in [-0.2, -0.15) is 0 Å². The average Bonchev–Trinajstić information content (AvgIpc) is 2.30. The van der Waals surface area contributed by atoms with Crippen molar-refractivity contribution in [2.24, 2.45) is 0 Å². The van der Waals surface area contributed by atoms with E-state index in [9.17, 15) is 0 Å². The van der Waals surface area contributed by atoms with Crippen LogP contribution in [0.5, 0.6) is 0 Å². The number of hydrogen-bond donors (Lipinski definition) is 1. The molecule has 0 amide bonds. The minimum absolute atomic E-state index is 0.682. The Labute approximate surface area is 119 Å². The molecule has 3 heteroatoms. The lowest BCUT2D eigenvalue weighted by Crippen LogP contribution is -2.40. The van der Waals surface area contributed by atoms with Crippen LogP contribution in [0.3, 0.4) is 0 Å². The largest absolute Gasteiger partial charge is 0.383 e. The van der Waals surface area contributed by atoms with Gasteiger partial charge in [-0.25, -0.2) is 0 Å². The summed E-state index contributed by atoms with van der Waals surface area (Å²) in [6.07, 6.45) is 4.04. The van der Waals surface area contributed by atoms with E-state index in [0.29, 0.717) is 6.04 Å². The van der Waals surface area contributed by atoms with Gasteiger partial charge in [0.1, 0.15) is 0 Å². The van der Waals surface area contributed by atoms with Crippen molar-refractivity contribution < 1.29 is 0 Å². The number of likely N-dealkylation sites (N-methyl/N-ethyl adjacent to an activating group) is 1. The Kier molecular flexibility index (Phi) is 4.68. The summed E-state index contributed by atoms with van der Waals surface area (Å²) in [5, 5.41) is 3.65. The maximum atomic E-state index is 3.65. The highest BCUT2D eigenvalue weighted by molar-refractivity contribution is 9.10. The number of aryl methyl sites for hydroxylation is 2. The highest BCUT2D eigenvalue weighted by Crippen LogP contribution is 2.25. The molecule has 18 heavy (non-hydrogen) atoms. The second-order valence-corrected chi connectivity index (χ2v) is 6.34. The summed E-state index contributed by atoms with van der Waals surface area (Å²) in [6, 6.07) is 5.04. The van der Waals surface area contributed by atoms with Gasteiger partial charge in [-0.05, 0) is 63.5 Å². The summed E-state index contributed by atoms with van der Waals surface area (Å²) >= 11 is 3.55. The molecule has 0 saturated carbocycles. The van der Waals surface area contributed by atoms with Crippen molar-refractivity contribution in [3.63, 3.8) is 0 Å². The maximum Gasteiger partial charge on any atom is 0.0400 e. The topological polar surface area (TPSA) is 15.3 Å². The molecule has 1 aromatic rings. The smallest absolute Gasteiger partial charge is 0.0400 e. The molecule has 2 rings (SSSR count). The summed E-state index contributed by atoms with van der Waals surface area (Å²) in [7, 11) is 2.24. The third-order valence-corrected chi connectivity index (χ3v) is 4.39. The van der Waals surface area contributed by atoms with Crippen LogP contribution in [0.4, 0.5) is 5.69 Å². The van der Waals surface area contributed by atoms with Crippen molar-refractivity contribution in [2.75, 3.05) is 25.5 Å². The average molecular weight is 311 g/mol. The van der Waals surface area contributed by atoms with Crippen molar-refractivity contribution >= 4 is 21.6 Å². The molecule has 1 atom stereocenters. The minimum Gasteiger partial charge on any atom is -0.383 e. The zero-order valence-corrected chi connectivity index (χ0v) is 13.2. The van der Waals surface area contributed by atoms with Crippen molar-refractivity contribution in [1.82, 2.24) is 4.90 Å². The van der Waals surface area contributed by atoms with Gasteiger partial charge in [0.25, 0.3) is 0 Å². The maximum absolute atomic E-state index is 3.65. The summed E-state index contributed by atoms with van der Waals surface area (Å²) in [6.45, 7) is 6.64. The van der Waals surface area contributed by atoms with Gasteiger partial charge in [-0.3, -0.25) is 0 Å². The third-order valence-electron chi connectivity index (χ3n) is 3.93. The number of halogens is 1. The van der Waals surface area contributed by atoms with Gasteiger partial charge >= 0.3 is 0 Å². The Morgan fingerprint density at radius 1 is 1.28 bits per heavy atom. The molecule has 100 valence electrons. The number of piperidine rings is 1. The molecule has 2 nitrogen and oxygen atoms in total. The van der Waals surface area contributed by atoms with Crippen LogP contribution < -0.4 is 5.32 Å². The Hall–Kier alpha value is -0.540. The first-order valence-corrected chi connectivity index (χ1v) is 7.58. The Bertz CT molecular complexity index is 394. The van der Waals surface area contributed by atoms with E-state index >= 15 is 0 Å². The predicted octanol–water partition coefficient (Wildman–Crippen LogP) is 3.96. The van der Waals surface area contributed by atoms with E-state index in [1.54, 1.807) is 0 Å². The summed E-state index contributed by atoms with van der Waals surface area (Å²) < 4.78 is 1.16. The van der Waals surface area contributed by atoms with Gasteiger partial charge in [0.05, 0.1) is 0 Å². The fourth-order valence-electron chi connectivity index (χ4n) is 2.81. The number of nitrogens with one attached hydrogen (secondary N) is 1. The second kappa shape index (κ2) is 6.07. The highest BCUT2D eigenvalue weighted by atomic mass is 79.9. The molecule has 1 aliphatic heterocycles. The summed E-state index contributed by atoms with van der Waals surface area (Å²) in [5.74, 6) is 0. The van der Waals surface area contributed by atoms with Crippen molar-refractivity contribution in [1.29, 1.82) is 0 Å². The van der Waals surface area contributed by atoms with E-state index in [2.05, 4.69) is 59.2 Å². The lowest BCUT2D eigenvalue weighted by molar-refractivity contribution is 0.194. The van der Waals surface area contributed by atoms with Gasteiger partial charge in [0, 0.05) is 22.7 Å². The molecule has 1 aromatic carbocycles. The molecular weight excluding hydrogens is 288 g/mol.